The lowest BCUT2D eigenvalue weighted by atomic mass is 9.60. The molecule has 47 heavy (non-hydrogen) atoms. The molecule has 5 nitrogen and oxygen atoms in total. The fourth-order valence-corrected chi connectivity index (χ4v) is 8.70. The van der Waals surface area contributed by atoms with E-state index < -0.39 is 41.2 Å². The second-order valence-electron chi connectivity index (χ2n) is 15.4. The average molecular weight is 728 g/mol. The van der Waals surface area contributed by atoms with Gasteiger partial charge in [-0.1, -0.05) is 86.1 Å². The van der Waals surface area contributed by atoms with Gasteiger partial charge in [0.2, 0.25) is 0 Å². The highest BCUT2D eigenvalue weighted by Gasteiger charge is 2.64. The number of rotatable bonds is 13. The minimum Gasteiger partial charge on any atom is -0.461 e. The molecule has 0 aliphatic heterocycles. The summed E-state index contributed by atoms with van der Waals surface area (Å²) in [5, 5.41) is 0. The van der Waals surface area contributed by atoms with Crippen LogP contribution in [0.25, 0.3) is 0 Å². The summed E-state index contributed by atoms with van der Waals surface area (Å²) in [7, 11) is 0.882. The van der Waals surface area contributed by atoms with Crippen molar-refractivity contribution in [2.45, 2.75) is 111 Å². The van der Waals surface area contributed by atoms with Crippen LogP contribution < -0.4 is 0 Å². The van der Waals surface area contributed by atoms with E-state index in [1.807, 2.05) is 13.8 Å². The van der Waals surface area contributed by atoms with Gasteiger partial charge in [0.25, 0.3) is 5.60 Å². The molecule has 7 atom stereocenters. The lowest BCUT2D eigenvalue weighted by Gasteiger charge is -2.45. The summed E-state index contributed by atoms with van der Waals surface area (Å²) in [4.78, 5) is 28.8. The number of fused-ring (bicyclic) bond motifs is 1. The molecular formula is C38H54BrF3O5. The van der Waals surface area contributed by atoms with Gasteiger partial charge in [0.1, 0.15) is 12.7 Å². The molecule has 264 valence electrons. The molecule has 2 aliphatic carbocycles. The van der Waals surface area contributed by atoms with Gasteiger partial charge in [0.05, 0.1) is 5.41 Å². The number of allylic oxidation sites excluding steroid dienone is 1. The first-order chi connectivity index (χ1) is 21.8. The van der Waals surface area contributed by atoms with E-state index in [1.165, 1.54) is 29.8 Å². The fraction of sp³-hybridized carbons (Fsp3) is 0.684. The maximum Gasteiger partial charge on any atom is 0.432 e. The van der Waals surface area contributed by atoms with E-state index in [1.54, 1.807) is 26.8 Å². The van der Waals surface area contributed by atoms with Crippen molar-refractivity contribution in [2.24, 2.45) is 40.4 Å². The van der Waals surface area contributed by atoms with Crippen molar-refractivity contribution in [1.82, 2.24) is 0 Å². The number of hydrogen-bond donors (Lipinski definition) is 0. The van der Waals surface area contributed by atoms with Gasteiger partial charge < -0.3 is 14.2 Å². The molecule has 0 spiro atoms. The fourth-order valence-electron chi connectivity index (χ4n) is 8.15. The van der Waals surface area contributed by atoms with Crippen molar-refractivity contribution in [1.29, 1.82) is 0 Å². The van der Waals surface area contributed by atoms with Gasteiger partial charge in [0, 0.05) is 18.6 Å². The van der Waals surface area contributed by atoms with Crippen LogP contribution in [0, 0.1) is 40.4 Å². The predicted octanol–water partition coefficient (Wildman–Crippen LogP) is 10.3. The maximum absolute atomic E-state index is 15.0. The molecule has 0 aromatic heterocycles. The van der Waals surface area contributed by atoms with E-state index in [2.05, 4.69) is 41.3 Å². The number of carbonyl (C=O) groups excluding carboxylic acids is 2. The van der Waals surface area contributed by atoms with Crippen LogP contribution in [0.15, 0.2) is 53.0 Å². The summed E-state index contributed by atoms with van der Waals surface area (Å²) < 4.78 is 61.7. The minimum absolute atomic E-state index is 0.0246. The third-order valence-electron chi connectivity index (χ3n) is 10.6. The number of halogens is 4. The molecule has 1 aromatic rings. The minimum atomic E-state index is -5.10. The summed E-state index contributed by atoms with van der Waals surface area (Å²) in [6, 6.07) is 6.90. The Balaban J connectivity index is 2.05. The number of carbonyl (C=O) groups is 2. The predicted molar refractivity (Wildman–Crippen MR) is 183 cm³/mol. The second kappa shape index (κ2) is 15.6. The SMILES string of the molecule is C=C(COC(=O)C(C)(C)C)[C@@H](CC(C)C)[C@@H](C[C@@H](C)[C@H]1CC[C@H]2/C(=C/Br)CCC[C@]12C)OC(=O)[C@](OC)(c1ccccc1)C(F)(F)F. The molecule has 2 fully saturated rings. The molecule has 0 amide bonds. The molecule has 0 radical (unpaired) electrons. The molecule has 0 heterocycles. The van der Waals surface area contributed by atoms with E-state index in [0.29, 0.717) is 24.3 Å². The van der Waals surface area contributed by atoms with Crippen LogP contribution in [0.3, 0.4) is 0 Å². The molecule has 0 unspecified atom stereocenters. The van der Waals surface area contributed by atoms with Crippen LogP contribution in [0.1, 0.15) is 99.0 Å². The van der Waals surface area contributed by atoms with Crippen molar-refractivity contribution in [2.75, 3.05) is 13.7 Å². The third kappa shape index (κ3) is 8.55. The normalized spacial score (nSPS) is 25.9. The molecule has 0 bridgehead atoms. The van der Waals surface area contributed by atoms with E-state index >= 15 is 0 Å². The van der Waals surface area contributed by atoms with Crippen LogP contribution in [0.5, 0.6) is 0 Å². The topological polar surface area (TPSA) is 61.8 Å². The maximum atomic E-state index is 15.0. The van der Waals surface area contributed by atoms with Gasteiger partial charge in [-0.25, -0.2) is 4.79 Å². The molecule has 3 rings (SSSR count). The zero-order valence-electron chi connectivity index (χ0n) is 29.3. The Bertz CT molecular complexity index is 1270. The summed E-state index contributed by atoms with van der Waals surface area (Å²) in [6.07, 6.45) is 0.00442. The Kier molecular flexibility index (Phi) is 13.1. The zero-order chi connectivity index (χ0) is 35.4. The summed E-state index contributed by atoms with van der Waals surface area (Å²) in [5.74, 6) is -1.64. The van der Waals surface area contributed by atoms with Crippen LogP contribution >= 0.6 is 15.9 Å². The highest BCUT2D eigenvalue weighted by atomic mass is 79.9. The summed E-state index contributed by atoms with van der Waals surface area (Å²) in [6.45, 7) is 17.8. The lowest BCUT2D eigenvalue weighted by molar-refractivity contribution is -0.279. The number of methoxy groups -OCH3 is 1. The number of benzene rings is 1. The van der Waals surface area contributed by atoms with Crippen molar-refractivity contribution in [3.05, 3.63) is 58.6 Å². The van der Waals surface area contributed by atoms with E-state index in [4.69, 9.17) is 14.2 Å². The zero-order valence-corrected chi connectivity index (χ0v) is 30.9. The number of alkyl halides is 3. The lowest BCUT2D eigenvalue weighted by Crippen LogP contribution is -2.53. The van der Waals surface area contributed by atoms with E-state index in [9.17, 15) is 22.8 Å². The molecule has 2 aliphatic rings. The molecule has 0 saturated heterocycles. The Morgan fingerprint density at radius 3 is 2.23 bits per heavy atom. The first-order valence-corrected chi connectivity index (χ1v) is 17.8. The Labute approximate surface area is 288 Å². The Morgan fingerprint density at radius 1 is 1.06 bits per heavy atom. The van der Waals surface area contributed by atoms with Gasteiger partial charge >= 0.3 is 18.1 Å². The number of esters is 2. The van der Waals surface area contributed by atoms with Gasteiger partial charge in [-0.15, -0.1) is 0 Å². The van der Waals surface area contributed by atoms with Crippen molar-refractivity contribution in [3.63, 3.8) is 0 Å². The van der Waals surface area contributed by atoms with Gasteiger partial charge in [0.15, 0.2) is 0 Å². The third-order valence-corrected chi connectivity index (χ3v) is 11.2. The Hall–Kier alpha value is -2.13. The van der Waals surface area contributed by atoms with Gasteiger partial charge in [-0.3, -0.25) is 4.79 Å². The highest BCUT2D eigenvalue weighted by Crippen LogP contribution is 2.60. The van der Waals surface area contributed by atoms with Gasteiger partial charge in [-0.05, 0) is 105 Å². The highest BCUT2D eigenvalue weighted by molar-refractivity contribution is 9.11. The molecule has 1 aromatic carbocycles. The van der Waals surface area contributed by atoms with Crippen LogP contribution in [-0.4, -0.2) is 37.9 Å². The molecule has 0 N–H and O–H groups in total. The van der Waals surface area contributed by atoms with Crippen molar-refractivity contribution < 1.29 is 37.0 Å². The first kappa shape index (κ1) is 39.3. The van der Waals surface area contributed by atoms with Crippen LogP contribution in [0.4, 0.5) is 13.2 Å². The van der Waals surface area contributed by atoms with E-state index in [0.717, 1.165) is 39.2 Å². The van der Waals surface area contributed by atoms with Gasteiger partial charge in [-0.2, -0.15) is 13.2 Å². The summed E-state index contributed by atoms with van der Waals surface area (Å²) >= 11 is 3.58. The van der Waals surface area contributed by atoms with Crippen LogP contribution in [-0.2, 0) is 29.4 Å². The summed E-state index contributed by atoms with van der Waals surface area (Å²) in [5.41, 5.74) is -2.46. The molecule has 2 saturated carbocycles. The molecule has 9 heteroatoms. The largest absolute Gasteiger partial charge is 0.461 e. The Morgan fingerprint density at radius 2 is 1.70 bits per heavy atom. The standard InChI is InChI=1S/C38H54BrF3O5/c1-24(2)20-29(26(4)23-46-33(43)35(5,6)7)32(21-25(3)30-17-18-31-27(22-39)14-13-19-36(30,31)8)47-34(44)37(45-9,38(40,41)42)28-15-11-10-12-16-28/h10-12,15-16,22,24-25,29-32H,4,13-14,17-21,23H2,1-3,5-9H3/b27-22+/t25-,29-,30-,31+,32-,36-,37-/m1/s1. The van der Waals surface area contributed by atoms with Crippen molar-refractivity contribution in [3.8, 4) is 0 Å². The second-order valence-corrected chi connectivity index (χ2v) is 15.9. The number of hydrogen-bond acceptors (Lipinski definition) is 5. The smallest absolute Gasteiger partial charge is 0.432 e. The van der Waals surface area contributed by atoms with Crippen LogP contribution in [0.2, 0.25) is 0 Å². The molecular weight excluding hydrogens is 673 g/mol. The quantitative estimate of drug-likeness (QED) is 0.150. The van der Waals surface area contributed by atoms with E-state index in [-0.39, 0.29) is 35.3 Å². The van der Waals surface area contributed by atoms with Crippen molar-refractivity contribution >= 4 is 27.9 Å². The average Bonchev–Trinajstić information content (AvgIpc) is 3.35. The monoisotopic (exact) mass is 726 g/mol. The first-order valence-electron chi connectivity index (χ1n) is 16.9. The number of ether oxygens (including phenoxy) is 3.